The Labute approximate surface area is 145 Å². The molecule has 0 aliphatic heterocycles. The minimum atomic E-state index is 0. The SMILES string of the molecule is CCCCCN=C(NCC)NCCc1cccc(O)c1.I. The Kier molecular flexibility index (Phi) is 12.1. The first-order valence-corrected chi connectivity index (χ1v) is 7.56. The summed E-state index contributed by atoms with van der Waals surface area (Å²) in [4.78, 5) is 4.54. The van der Waals surface area contributed by atoms with Gasteiger partial charge in [0.05, 0.1) is 0 Å². The zero-order valence-corrected chi connectivity index (χ0v) is 15.4. The lowest BCUT2D eigenvalue weighted by atomic mass is 10.1. The smallest absolute Gasteiger partial charge is 0.191 e. The Bertz CT molecular complexity index is 410. The molecule has 3 N–H and O–H groups in total. The second kappa shape index (κ2) is 12.7. The first-order valence-electron chi connectivity index (χ1n) is 7.56. The zero-order chi connectivity index (χ0) is 14.6. The average Bonchev–Trinajstić information content (AvgIpc) is 2.43. The Morgan fingerprint density at radius 1 is 1.19 bits per heavy atom. The molecule has 1 rings (SSSR count). The number of hydrogen-bond acceptors (Lipinski definition) is 2. The number of phenols is 1. The van der Waals surface area contributed by atoms with Crippen LogP contribution in [0.2, 0.25) is 0 Å². The molecule has 0 saturated carbocycles. The van der Waals surface area contributed by atoms with E-state index in [0.29, 0.717) is 5.75 Å². The van der Waals surface area contributed by atoms with Gasteiger partial charge in [-0.05, 0) is 37.5 Å². The molecular formula is C16H28IN3O. The predicted octanol–water partition coefficient (Wildman–Crippen LogP) is 3.30. The maximum Gasteiger partial charge on any atom is 0.191 e. The molecule has 0 unspecified atom stereocenters. The van der Waals surface area contributed by atoms with E-state index in [1.165, 1.54) is 12.8 Å². The average molecular weight is 405 g/mol. The fraction of sp³-hybridized carbons (Fsp3) is 0.562. The van der Waals surface area contributed by atoms with Gasteiger partial charge in [-0.1, -0.05) is 31.9 Å². The topological polar surface area (TPSA) is 56.7 Å². The van der Waals surface area contributed by atoms with Crippen LogP contribution >= 0.6 is 24.0 Å². The van der Waals surface area contributed by atoms with Crippen LogP contribution in [0.5, 0.6) is 5.75 Å². The van der Waals surface area contributed by atoms with Gasteiger partial charge in [0.15, 0.2) is 5.96 Å². The molecule has 5 heteroatoms. The highest BCUT2D eigenvalue weighted by molar-refractivity contribution is 14.0. The van der Waals surface area contributed by atoms with Gasteiger partial charge in [0.2, 0.25) is 0 Å². The summed E-state index contributed by atoms with van der Waals surface area (Å²) in [7, 11) is 0. The highest BCUT2D eigenvalue weighted by atomic mass is 127. The molecule has 0 spiro atoms. The molecule has 0 aliphatic carbocycles. The Balaban J connectivity index is 0.00000400. The molecule has 0 saturated heterocycles. The summed E-state index contributed by atoms with van der Waals surface area (Å²) in [5.74, 6) is 1.20. The molecule has 0 aliphatic rings. The number of rotatable bonds is 8. The van der Waals surface area contributed by atoms with E-state index in [-0.39, 0.29) is 24.0 Å². The normalized spacial score (nSPS) is 10.9. The predicted molar refractivity (Wildman–Crippen MR) is 101 cm³/mol. The summed E-state index contributed by atoms with van der Waals surface area (Å²) >= 11 is 0. The van der Waals surface area contributed by atoms with E-state index in [9.17, 15) is 5.11 Å². The molecule has 0 radical (unpaired) electrons. The number of nitrogens with zero attached hydrogens (tertiary/aromatic N) is 1. The van der Waals surface area contributed by atoms with Gasteiger partial charge in [0.1, 0.15) is 5.75 Å². The monoisotopic (exact) mass is 405 g/mol. The van der Waals surface area contributed by atoms with Crippen LogP contribution < -0.4 is 10.6 Å². The van der Waals surface area contributed by atoms with Crippen LogP contribution in [-0.4, -0.2) is 30.7 Å². The first kappa shape index (κ1) is 20.0. The number of hydrogen-bond donors (Lipinski definition) is 3. The van der Waals surface area contributed by atoms with Crippen LogP contribution in [0.1, 0.15) is 38.7 Å². The standard InChI is InChI=1S/C16H27N3O.HI/c1-3-5-6-11-18-16(17-4-2)19-12-10-14-8-7-9-15(20)13-14;/h7-9,13,20H,3-6,10-12H2,1-2H3,(H2,17,18,19);1H. The molecule has 1 aromatic rings. The quantitative estimate of drug-likeness (QED) is 0.269. The summed E-state index contributed by atoms with van der Waals surface area (Å²) in [6.45, 7) is 6.81. The van der Waals surface area contributed by atoms with E-state index < -0.39 is 0 Å². The van der Waals surface area contributed by atoms with Crippen LogP contribution in [0.4, 0.5) is 0 Å². The maximum absolute atomic E-state index is 9.42. The lowest BCUT2D eigenvalue weighted by Gasteiger charge is -2.11. The molecule has 0 bridgehead atoms. The number of halogens is 1. The third-order valence-corrected chi connectivity index (χ3v) is 2.99. The molecule has 0 heterocycles. The van der Waals surface area contributed by atoms with Crippen molar-refractivity contribution in [3.8, 4) is 5.75 Å². The number of aliphatic imine (C=N–C) groups is 1. The van der Waals surface area contributed by atoms with E-state index in [4.69, 9.17) is 0 Å². The van der Waals surface area contributed by atoms with Crippen molar-refractivity contribution < 1.29 is 5.11 Å². The van der Waals surface area contributed by atoms with Crippen molar-refractivity contribution in [2.45, 2.75) is 39.5 Å². The van der Waals surface area contributed by atoms with Crippen LogP contribution in [0.3, 0.4) is 0 Å². The van der Waals surface area contributed by atoms with Crippen molar-refractivity contribution in [1.29, 1.82) is 0 Å². The summed E-state index contributed by atoms with van der Waals surface area (Å²) in [5, 5.41) is 16.0. The van der Waals surface area contributed by atoms with Crippen molar-refractivity contribution in [1.82, 2.24) is 10.6 Å². The maximum atomic E-state index is 9.42. The summed E-state index contributed by atoms with van der Waals surface area (Å²) in [6.07, 6.45) is 4.45. The molecule has 0 atom stereocenters. The minimum Gasteiger partial charge on any atom is -0.508 e. The Morgan fingerprint density at radius 2 is 2.00 bits per heavy atom. The van der Waals surface area contributed by atoms with Crippen LogP contribution in [0.25, 0.3) is 0 Å². The van der Waals surface area contributed by atoms with Gasteiger partial charge in [-0.25, -0.2) is 0 Å². The largest absolute Gasteiger partial charge is 0.508 e. The lowest BCUT2D eigenvalue weighted by molar-refractivity contribution is 0.474. The van der Waals surface area contributed by atoms with Crippen molar-refractivity contribution in [2.24, 2.45) is 4.99 Å². The van der Waals surface area contributed by atoms with Crippen LogP contribution in [-0.2, 0) is 6.42 Å². The fourth-order valence-corrected chi connectivity index (χ4v) is 1.93. The van der Waals surface area contributed by atoms with E-state index >= 15 is 0 Å². The highest BCUT2D eigenvalue weighted by Crippen LogP contribution is 2.10. The van der Waals surface area contributed by atoms with Crippen molar-refractivity contribution >= 4 is 29.9 Å². The van der Waals surface area contributed by atoms with Crippen molar-refractivity contribution in [2.75, 3.05) is 19.6 Å². The van der Waals surface area contributed by atoms with Gasteiger partial charge >= 0.3 is 0 Å². The molecule has 1 aromatic carbocycles. The Morgan fingerprint density at radius 3 is 2.67 bits per heavy atom. The van der Waals surface area contributed by atoms with Gasteiger partial charge in [-0.3, -0.25) is 4.99 Å². The third-order valence-electron chi connectivity index (χ3n) is 2.99. The van der Waals surface area contributed by atoms with Crippen molar-refractivity contribution in [3.05, 3.63) is 29.8 Å². The molecule has 4 nitrogen and oxygen atoms in total. The summed E-state index contributed by atoms with van der Waals surface area (Å²) < 4.78 is 0. The first-order chi connectivity index (χ1) is 9.76. The number of phenolic OH excluding ortho intramolecular Hbond substituents is 1. The molecule has 0 amide bonds. The number of guanidine groups is 1. The number of benzene rings is 1. The van der Waals surface area contributed by atoms with Crippen molar-refractivity contribution in [3.63, 3.8) is 0 Å². The third kappa shape index (κ3) is 9.55. The van der Waals surface area contributed by atoms with Gasteiger partial charge in [-0.2, -0.15) is 0 Å². The van der Waals surface area contributed by atoms with Gasteiger partial charge < -0.3 is 15.7 Å². The summed E-state index contributed by atoms with van der Waals surface area (Å²) in [6, 6.07) is 7.38. The molecule has 21 heavy (non-hydrogen) atoms. The molecule has 0 fully saturated rings. The fourth-order valence-electron chi connectivity index (χ4n) is 1.93. The van der Waals surface area contributed by atoms with Crippen LogP contribution in [0.15, 0.2) is 29.3 Å². The lowest BCUT2D eigenvalue weighted by Crippen LogP contribution is -2.38. The second-order valence-corrected chi connectivity index (χ2v) is 4.81. The Hall–Kier alpha value is -0.980. The summed E-state index contributed by atoms with van der Waals surface area (Å²) in [5.41, 5.74) is 1.12. The minimum absolute atomic E-state index is 0. The zero-order valence-electron chi connectivity index (χ0n) is 13.1. The van der Waals surface area contributed by atoms with E-state index in [2.05, 4.69) is 29.5 Å². The van der Waals surface area contributed by atoms with Gasteiger partial charge in [-0.15, -0.1) is 24.0 Å². The van der Waals surface area contributed by atoms with Gasteiger partial charge in [0, 0.05) is 19.6 Å². The second-order valence-electron chi connectivity index (χ2n) is 4.81. The molecule has 120 valence electrons. The van der Waals surface area contributed by atoms with E-state index in [1.807, 2.05) is 12.1 Å². The van der Waals surface area contributed by atoms with Gasteiger partial charge in [0.25, 0.3) is 0 Å². The van der Waals surface area contributed by atoms with E-state index in [0.717, 1.165) is 44.0 Å². The number of unbranched alkanes of at least 4 members (excludes halogenated alkanes) is 2. The highest BCUT2D eigenvalue weighted by Gasteiger charge is 1.98. The van der Waals surface area contributed by atoms with Crippen LogP contribution in [0, 0.1) is 0 Å². The number of aromatic hydroxyl groups is 1. The molecular weight excluding hydrogens is 377 g/mol. The van der Waals surface area contributed by atoms with E-state index in [1.54, 1.807) is 12.1 Å². The number of nitrogens with one attached hydrogen (secondary N) is 2. The molecule has 0 aromatic heterocycles.